The Kier molecular flexibility index (Phi) is 4.52. The first kappa shape index (κ1) is 14.8. The van der Waals surface area contributed by atoms with Crippen LogP contribution < -0.4 is 8.37 Å². The first-order valence-corrected chi connectivity index (χ1v) is 16.5. The third-order valence-corrected chi connectivity index (χ3v) is 12.7. The van der Waals surface area contributed by atoms with Gasteiger partial charge in [-0.3, -0.25) is 0 Å². The Balaban J connectivity index is 2.72. The van der Waals surface area contributed by atoms with Gasteiger partial charge in [0.25, 0.3) is 0 Å². The van der Waals surface area contributed by atoms with Gasteiger partial charge in [-0.05, 0) is 0 Å². The van der Waals surface area contributed by atoms with Crippen molar-refractivity contribution in [3.63, 3.8) is 0 Å². The molecule has 0 amide bonds. The minimum absolute atomic E-state index is 0.237. The quantitative estimate of drug-likeness (QED) is 0.663. The fourth-order valence-corrected chi connectivity index (χ4v) is 8.45. The van der Waals surface area contributed by atoms with Gasteiger partial charge in [-0.1, -0.05) is 0 Å². The van der Waals surface area contributed by atoms with Crippen molar-refractivity contribution in [1.82, 2.24) is 0 Å². The molecule has 0 aliphatic rings. The predicted molar refractivity (Wildman–Crippen MR) is 76.5 cm³/mol. The first-order valence-electron chi connectivity index (χ1n) is 5.67. The van der Waals surface area contributed by atoms with Crippen LogP contribution in [0.3, 0.4) is 0 Å². The second-order valence-electron chi connectivity index (χ2n) is 6.15. The van der Waals surface area contributed by atoms with E-state index in [0.717, 1.165) is 5.69 Å². The van der Waals surface area contributed by atoms with Crippen LogP contribution in [0.15, 0.2) is 11.4 Å². The van der Waals surface area contributed by atoms with Gasteiger partial charge < -0.3 is 0 Å². The van der Waals surface area contributed by atoms with Crippen molar-refractivity contribution < 1.29 is 9.63 Å². The van der Waals surface area contributed by atoms with E-state index in [1.807, 2.05) is 32.2 Å². The average molecular weight is 362 g/mol. The average Bonchev–Trinajstić information content (AvgIpc) is 2.59. The van der Waals surface area contributed by atoms with Crippen LogP contribution in [-0.4, -0.2) is 24.3 Å². The summed E-state index contributed by atoms with van der Waals surface area (Å²) in [6, 6.07) is 1.98. The standard InChI is InChI=1S/C9H12NO2S.3CH3.Sn/c1-9(2,3)8(11)12-10-7-4-5-13-6-7;;;;/h4-5,10H,1-3H3;3*1H3;. The van der Waals surface area contributed by atoms with Crippen LogP contribution in [0.2, 0.25) is 14.8 Å². The molecule has 96 valence electrons. The van der Waals surface area contributed by atoms with Crippen LogP contribution >= 0.6 is 11.3 Å². The molecule has 17 heavy (non-hydrogen) atoms. The molecule has 0 atom stereocenters. The van der Waals surface area contributed by atoms with Crippen molar-refractivity contribution in [2.75, 3.05) is 5.48 Å². The van der Waals surface area contributed by atoms with E-state index in [2.05, 4.69) is 20.3 Å². The van der Waals surface area contributed by atoms with Crippen molar-refractivity contribution in [2.45, 2.75) is 35.6 Å². The normalized spacial score (nSPS) is 12.4. The number of rotatable bonds is 3. The third-order valence-electron chi connectivity index (χ3n) is 2.21. The van der Waals surface area contributed by atoms with Crippen molar-refractivity contribution in [3.8, 4) is 0 Å². The summed E-state index contributed by atoms with van der Waals surface area (Å²) in [5.41, 5.74) is 3.31. The number of anilines is 1. The molecule has 0 fully saturated rings. The van der Waals surface area contributed by atoms with Crippen LogP contribution in [0.1, 0.15) is 20.8 Å². The van der Waals surface area contributed by atoms with Gasteiger partial charge in [0.05, 0.1) is 0 Å². The zero-order chi connectivity index (χ0) is 13.3. The van der Waals surface area contributed by atoms with E-state index in [1.54, 1.807) is 11.3 Å². The van der Waals surface area contributed by atoms with Crippen LogP contribution in [0, 0.1) is 5.41 Å². The van der Waals surface area contributed by atoms with Gasteiger partial charge in [-0.2, -0.15) is 0 Å². The Bertz CT molecular complexity index is 401. The Labute approximate surface area is 111 Å². The monoisotopic (exact) mass is 363 g/mol. The molecule has 0 aliphatic heterocycles. The summed E-state index contributed by atoms with van der Waals surface area (Å²) >= 11 is -0.353. The zero-order valence-corrected chi connectivity index (χ0v) is 15.1. The molecule has 0 bridgehead atoms. The van der Waals surface area contributed by atoms with E-state index in [1.165, 1.54) is 2.89 Å². The van der Waals surface area contributed by atoms with Gasteiger partial charge in [-0.25, -0.2) is 0 Å². The molecule has 1 heterocycles. The molecule has 3 nitrogen and oxygen atoms in total. The molecule has 0 saturated heterocycles. The predicted octanol–water partition coefficient (Wildman–Crippen LogP) is 3.21. The Morgan fingerprint density at radius 3 is 2.41 bits per heavy atom. The summed E-state index contributed by atoms with van der Waals surface area (Å²) in [4.78, 5) is 23.8. The molecular weight excluding hydrogens is 341 g/mol. The van der Waals surface area contributed by atoms with E-state index >= 15 is 0 Å². The van der Waals surface area contributed by atoms with Crippen molar-refractivity contribution in [1.29, 1.82) is 0 Å². The van der Waals surface area contributed by atoms with Crippen LogP contribution in [0.4, 0.5) is 5.69 Å². The van der Waals surface area contributed by atoms with Crippen LogP contribution in [-0.2, 0) is 9.63 Å². The molecule has 0 radical (unpaired) electrons. The SMILES string of the molecule is CC(C)(C)C(=O)ONc1ccs[c]1[Sn]([CH3])([CH3])[CH3]. The van der Waals surface area contributed by atoms with Crippen molar-refractivity contribution in [2.24, 2.45) is 5.41 Å². The Hall–Kier alpha value is -0.231. The number of carbonyl (C=O) groups is 1. The van der Waals surface area contributed by atoms with E-state index in [4.69, 9.17) is 4.84 Å². The summed E-state index contributed by atoms with van der Waals surface area (Å²) in [7, 11) is 0. The van der Waals surface area contributed by atoms with Gasteiger partial charge in [-0.15, -0.1) is 0 Å². The second-order valence-corrected chi connectivity index (χ2v) is 22.4. The topological polar surface area (TPSA) is 38.3 Å². The molecule has 5 heteroatoms. The van der Waals surface area contributed by atoms with Crippen LogP contribution in [0.25, 0.3) is 0 Å². The number of carbonyl (C=O) groups excluding carboxylic acids is 1. The van der Waals surface area contributed by atoms with Gasteiger partial charge in [0.15, 0.2) is 0 Å². The van der Waals surface area contributed by atoms with Crippen molar-refractivity contribution >= 4 is 44.3 Å². The van der Waals surface area contributed by atoms with E-state index in [-0.39, 0.29) is 5.97 Å². The van der Waals surface area contributed by atoms with Crippen molar-refractivity contribution in [3.05, 3.63) is 11.4 Å². The molecule has 1 aromatic heterocycles. The number of thiophene rings is 1. The molecule has 1 N–H and O–H groups in total. The summed E-state index contributed by atoms with van der Waals surface area (Å²) in [6.07, 6.45) is 0. The van der Waals surface area contributed by atoms with E-state index < -0.39 is 23.8 Å². The Morgan fingerprint density at radius 2 is 1.94 bits per heavy atom. The fraction of sp³-hybridized carbons (Fsp3) is 0.583. The van der Waals surface area contributed by atoms with Gasteiger partial charge in [0.2, 0.25) is 0 Å². The summed E-state index contributed by atoms with van der Waals surface area (Å²) in [6.45, 7) is 5.53. The van der Waals surface area contributed by atoms with E-state index in [0.29, 0.717) is 0 Å². The van der Waals surface area contributed by atoms with Gasteiger partial charge in [0, 0.05) is 0 Å². The maximum absolute atomic E-state index is 11.7. The Morgan fingerprint density at radius 1 is 1.35 bits per heavy atom. The second kappa shape index (κ2) is 5.18. The third kappa shape index (κ3) is 4.17. The molecular formula is C12H21NO2SSn. The minimum atomic E-state index is -2.11. The fourth-order valence-electron chi connectivity index (χ4n) is 1.22. The summed E-state index contributed by atoms with van der Waals surface area (Å²) < 4.78 is 1.39. The van der Waals surface area contributed by atoms with Gasteiger partial charge >= 0.3 is 112 Å². The zero-order valence-electron chi connectivity index (χ0n) is 11.4. The molecule has 0 aromatic carbocycles. The molecule has 1 rings (SSSR count). The first-order chi connectivity index (χ1) is 7.62. The molecule has 0 spiro atoms. The number of hydrogen-bond acceptors (Lipinski definition) is 4. The number of nitrogens with one attached hydrogen (secondary N) is 1. The maximum atomic E-state index is 11.7. The molecule has 0 unspecified atom stereocenters. The summed E-state index contributed by atoms with van der Waals surface area (Å²) in [5.74, 6) is -0.237. The summed E-state index contributed by atoms with van der Waals surface area (Å²) in [5, 5.41) is 2.05. The van der Waals surface area contributed by atoms with Crippen LogP contribution in [0.5, 0.6) is 0 Å². The van der Waals surface area contributed by atoms with E-state index in [9.17, 15) is 4.79 Å². The van der Waals surface area contributed by atoms with Gasteiger partial charge in [0.1, 0.15) is 0 Å². The number of hydrogen-bond donors (Lipinski definition) is 1. The molecule has 0 saturated carbocycles. The molecule has 1 aromatic rings. The molecule has 0 aliphatic carbocycles.